The summed E-state index contributed by atoms with van der Waals surface area (Å²) in [5, 5.41) is 2.79. The van der Waals surface area contributed by atoms with E-state index in [9.17, 15) is 4.39 Å². The smallest absolute Gasteiger partial charge is 0.399 e. The second-order valence-electron chi connectivity index (χ2n) is 5.58. The molecule has 0 aromatic heterocycles. The van der Waals surface area contributed by atoms with Crippen molar-refractivity contribution in [1.29, 1.82) is 0 Å². The zero-order chi connectivity index (χ0) is 13.6. The van der Waals surface area contributed by atoms with E-state index in [4.69, 9.17) is 9.31 Å². The minimum absolute atomic E-state index is 0. The number of rotatable bonds is 2. The Bertz CT molecular complexity index is 452. The van der Waals surface area contributed by atoms with Gasteiger partial charge in [0.2, 0.25) is 0 Å². The van der Waals surface area contributed by atoms with Crippen LogP contribution in [0.15, 0.2) is 18.2 Å². The fourth-order valence-corrected chi connectivity index (χ4v) is 1.86. The standard InChI is InChI=1S/C13H19BFNO2.ClH/c1-12(2)13(3,4)18-14(17-12)9-6-7-11(16-5)10(15)8-9;/h6-8,16H,1-5H3;1H. The van der Waals surface area contributed by atoms with Crippen molar-refractivity contribution in [3.8, 4) is 0 Å². The van der Waals surface area contributed by atoms with E-state index in [1.807, 2.05) is 33.8 Å². The Morgan fingerprint density at radius 2 is 1.63 bits per heavy atom. The topological polar surface area (TPSA) is 30.5 Å². The molecule has 106 valence electrons. The van der Waals surface area contributed by atoms with Crippen molar-refractivity contribution < 1.29 is 13.7 Å². The van der Waals surface area contributed by atoms with Crippen molar-refractivity contribution in [2.75, 3.05) is 12.4 Å². The van der Waals surface area contributed by atoms with Gasteiger partial charge in [-0.2, -0.15) is 0 Å². The summed E-state index contributed by atoms with van der Waals surface area (Å²) >= 11 is 0. The average molecular weight is 288 g/mol. The highest BCUT2D eigenvalue weighted by Crippen LogP contribution is 2.36. The maximum absolute atomic E-state index is 13.7. The lowest BCUT2D eigenvalue weighted by Gasteiger charge is -2.32. The van der Waals surface area contributed by atoms with Crippen molar-refractivity contribution in [2.24, 2.45) is 0 Å². The minimum atomic E-state index is -0.518. The SMILES string of the molecule is CNc1ccc(B2OC(C)(C)C(C)(C)O2)cc1F.Cl. The van der Waals surface area contributed by atoms with E-state index in [2.05, 4.69) is 5.32 Å². The molecule has 0 radical (unpaired) electrons. The molecule has 0 spiro atoms. The Kier molecular flexibility index (Phi) is 4.55. The normalized spacial score (nSPS) is 20.0. The van der Waals surface area contributed by atoms with Crippen LogP contribution in [0.3, 0.4) is 0 Å². The maximum Gasteiger partial charge on any atom is 0.494 e. The van der Waals surface area contributed by atoms with E-state index in [-0.39, 0.29) is 18.2 Å². The van der Waals surface area contributed by atoms with Gasteiger partial charge in [-0.1, -0.05) is 6.07 Å². The number of nitrogens with one attached hydrogen (secondary N) is 1. The number of anilines is 1. The van der Waals surface area contributed by atoms with E-state index >= 15 is 0 Å². The van der Waals surface area contributed by atoms with Crippen LogP contribution < -0.4 is 10.8 Å². The molecule has 6 heteroatoms. The number of hydrogen-bond acceptors (Lipinski definition) is 3. The Hall–Kier alpha value is -0.775. The van der Waals surface area contributed by atoms with Crippen molar-refractivity contribution in [3.63, 3.8) is 0 Å². The quantitative estimate of drug-likeness (QED) is 0.848. The predicted octanol–water partition coefficient (Wildman–Crippen LogP) is 2.59. The molecule has 3 nitrogen and oxygen atoms in total. The van der Waals surface area contributed by atoms with Gasteiger partial charge in [0.25, 0.3) is 0 Å². The Balaban J connectivity index is 0.00000180. The summed E-state index contributed by atoms with van der Waals surface area (Å²) in [5.74, 6) is -0.301. The molecule has 1 fully saturated rings. The van der Waals surface area contributed by atoms with Crippen molar-refractivity contribution in [3.05, 3.63) is 24.0 Å². The molecular weight excluding hydrogens is 267 g/mol. The lowest BCUT2D eigenvalue weighted by Crippen LogP contribution is -2.41. The van der Waals surface area contributed by atoms with E-state index < -0.39 is 18.3 Å². The largest absolute Gasteiger partial charge is 0.494 e. The molecule has 1 aromatic carbocycles. The second-order valence-corrected chi connectivity index (χ2v) is 5.58. The first-order valence-electron chi connectivity index (χ1n) is 6.10. The van der Waals surface area contributed by atoms with Gasteiger partial charge in [0.1, 0.15) is 5.82 Å². The summed E-state index contributed by atoms with van der Waals surface area (Å²) in [6.07, 6.45) is 0. The fraction of sp³-hybridized carbons (Fsp3) is 0.538. The molecule has 2 rings (SSSR count). The molecule has 1 aromatic rings. The molecule has 1 saturated heterocycles. The van der Waals surface area contributed by atoms with Crippen LogP contribution in [0.2, 0.25) is 0 Å². The molecule has 0 bridgehead atoms. The van der Waals surface area contributed by atoms with Gasteiger partial charge in [-0.15, -0.1) is 12.4 Å². The molecule has 0 unspecified atom stereocenters. The van der Waals surface area contributed by atoms with Crippen LogP contribution in [0.25, 0.3) is 0 Å². The number of halogens is 2. The lowest BCUT2D eigenvalue weighted by atomic mass is 9.79. The van der Waals surface area contributed by atoms with E-state index in [1.54, 1.807) is 13.1 Å². The number of benzene rings is 1. The van der Waals surface area contributed by atoms with Gasteiger partial charge in [-0.3, -0.25) is 0 Å². The summed E-state index contributed by atoms with van der Waals surface area (Å²) in [4.78, 5) is 0. The van der Waals surface area contributed by atoms with E-state index in [1.165, 1.54) is 6.07 Å². The molecular formula is C13H20BClFNO2. The summed E-state index contributed by atoms with van der Waals surface area (Å²) in [6, 6.07) is 4.96. The summed E-state index contributed by atoms with van der Waals surface area (Å²) in [5.41, 5.74) is 0.353. The van der Waals surface area contributed by atoms with Crippen LogP contribution in [0.4, 0.5) is 10.1 Å². The van der Waals surface area contributed by atoms with Crippen LogP contribution >= 0.6 is 12.4 Å². The van der Waals surface area contributed by atoms with Gasteiger partial charge in [-0.25, -0.2) is 4.39 Å². The second kappa shape index (κ2) is 5.31. The van der Waals surface area contributed by atoms with Crippen LogP contribution in [-0.2, 0) is 9.31 Å². The summed E-state index contributed by atoms with van der Waals surface area (Å²) in [6.45, 7) is 7.91. The third-order valence-corrected chi connectivity index (χ3v) is 3.79. The minimum Gasteiger partial charge on any atom is -0.399 e. The summed E-state index contributed by atoms with van der Waals surface area (Å²) < 4.78 is 25.5. The van der Waals surface area contributed by atoms with Crippen LogP contribution in [0.5, 0.6) is 0 Å². The molecule has 1 heterocycles. The lowest BCUT2D eigenvalue weighted by molar-refractivity contribution is 0.00578. The predicted molar refractivity (Wildman–Crippen MR) is 78.9 cm³/mol. The van der Waals surface area contributed by atoms with Crippen LogP contribution in [-0.4, -0.2) is 25.4 Å². The van der Waals surface area contributed by atoms with Gasteiger partial charge < -0.3 is 14.6 Å². The van der Waals surface area contributed by atoms with E-state index in [0.717, 1.165) is 0 Å². The summed E-state index contributed by atoms with van der Waals surface area (Å²) in [7, 11) is 1.17. The fourth-order valence-electron chi connectivity index (χ4n) is 1.86. The molecule has 0 aliphatic carbocycles. The monoisotopic (exact) mass is 287 g/mol. The van der Waals surface area contributed by atoms with Gasteiger partial charge in [-0.05, 0) is 45.3 Å². The van der Waals surface area contributed by atoms with Crippen LogP contribution in [0.1, 0.15) is 27.7 Å². The van der Waals surface area contributed by atoms with Crippen LogP contribution in [0, 0.1) is 5.82 Å². The van der Waals surface area contributed by atoms with Gasteiger partial charge in [0, 0.05) is 7.05 Å². The number of hydrogen-bond donors (Lipinski definition) is 1. The third-order valence-electron chi connectivity index (χ3n) is 3.79. The molecule has 1 aliphatic rings. The van der Waals surface area contributed by atoms with E-state index in [0.29, 0.717) is 11.2 Å². The van der Waals surface area contributed by atoms with Gasteiger partial charge in [0.05, 0.1) is 16.9 Å². The highest BCUT2D eigenvalue weighted by Gasteiger charge is 2.51. The van der Waals surface area contributed by atoms with Gasteiger partial charge >= 0.3 is 7.12 Å². The first kappa shape index (κ1) is 16.3. The Morgan fingerprint density at radius 3 is 2.05 bits per heavy atom. The van der Waals surface area contributed by atoms with Gasteiger partial charge in [0.15, 0.2) is 0 Å². The van der Waals surface area contributed by atoms with Crippen molar-refractivity contribution in [1.82, 2.24) is 0 Å². The maximum atomic E-state index is 13.7. The molecule has 0 saturated carbocycles. The van der Waals surface area contributed by atoms with Crippen molar-refractivity contribution in [2.45, 2.75) is 38.9 Å². The Morgan fingerprint density at radius 1 is 1.11 bits per heavy atom. The molecule has 0 amide bonds. The molecule has 1 N–H and O–H groups in total. The first-order chi connectivity index (χ1) is 8.27. The van der Waals surface area contributed by atoms with Crippen molar-refractivity contribution >= 4 is 30.7 Å². The highest BCUT2D eigenvalue weighted by molar-refractivity contribution is 6.62. The molecule has 1 aliphatic heterocycles. The molecule has 0 atom stereocenters. The first-order valence-corrected chi connectivity index (χ1v) is 6.10. The third kappa shape index (κ3) is 2.88. The highest BCUT2D eigenvalue weighted by atomic mass is 35.5. The molecule has 19 heavy (non-hydrogen) atoms. The zero-order valence-electron chi connectivity index (χ0n) is 11.9. The zero-order valence-corrected chi connectivity index (χ0v) is 12.7. The average Bonchev–Trinajstić information content (AvgIpc) is 2.48. The Labute approximate surface area is 120 Å².